The van der Waals surface area contributed by atoms with Crippen molar-refractivity contribution in [3.8, 4) is 11.3 Å². The van der Waals surface area contributed by atoms with Crippen LogP contribution in [-0.4, -0.2) is 35.7 Å². The van der Waals surface area contributed by atoms with Crippen molar-refractivity contribution >= 4 is 40.5 Å². The molecule has 30 heavy (non-hydrogen) atoms. The third-order valence-electron chi connectivity index (χ3n) is 4.87. The molecular formula is C23H22ClN5O. The van der Waals surface area contributed by atoms with Crippen LogP contribution in [0.2, 0.25) is 5.02 Å². The smallest absolute Gasteiger partial charge is 0.230 e. The van der Waals surface area contributed by atoms with Gasteiger partial charge in [0.25, 0.3) is 0 Å². The predicted octanol–water partition coefficient (Wildman–Crippen LogP) is 4.94. The van der Waals surface area contributed by atoms with Crippen LogP contribution in [-0.2, 0) is 4.79 Å². The number of hydrogen-bond acceptors (Lipinski definition) is 5. The first-order valence-corrected chi connectivity index (χ1v) is 9.99. The van der Waals surface area contributed by atoms with Gasteiger partial charge in [-0.2, -0.15) is 0 Å². The molecule has 7 heteroatoms. The molecule has 0 aliphatic carbocycles. The molecule has 0 saturated carbocycles. The first-order chi connectivity index (χ1) is 14.3. The van der Waals surface area contributed by atoms with E-state index in [-0.39, 0.29) is 12.3 Å². The number of aromatic nitrogens is 2. The molecule has 2 heterocycles. The minimum absolute atomic E-state index is 0.120. The summed E-state index contributed by atoms with van der Waals surface area (Å²) in [5.74, 6) is 0.536. The fourth-order valence-corrected chi connectivity index (χ4v) is 3.48. The second-order valence-corrected chi connectivity index (χ2v) is 7.98. The van der Waals surface area contributed by atoms with E-state index >= 15 is 0 Å². The quantitative estimate of drug-likeness (QED) is 0.652. The number of anilines is 2. The molecular weight excluding hydrogens is 398 g/mol. The molecule has 0 saturated heterocycles. The Hall–Kier alpha value is -3.25. The van der Waals surface area contributed by atoms with Crippen LogP contribution >= 0.6 is 11.6 Å². The molecule has 152 valence electrons. The van der Waals surface area contributed by atoms with E-state index in [1.54, 1.807) is 6.07 Å². The monoisotopic (exact) mass is 419 g/mol. The summed E-state index contributed by atoms with van der Waals surface area (Å²) in [5, 5.41) is 3.50. The van der Waals surface area contributed by atoms with E-state index in [4.69, 9.17) is 16.6 Å². The number of aliphatic imine (C=N–C) groups is 1. The van der Waals surface area contributed by atoms with E-state index in [0.717, 1.165) is 28.1 Å². The number of halogens is 1. The SMILES string of the molecule is Cc1cc(-c2cccc(C3=Nc4cc(C)c(Cl)cc4NC(=O)C3)c2)nc(N(C)C)n1. The van der Waals surface area contributed by atoms with Crippen molar-refractivity contribution in [1.82, 2.24) is 9.97 Å². The number of hydrogen-bond donors (Lipinski definition) is 1. The number of fused-ring (bicyclic) bond motifs is 1. The summed E-state index contributed by atoms with van der Waals surface area (Å²) in [6, 6.07) is 13.5. The highest BCUT2D eigenvalue weighted by Crippen LogP contribution is 2.34. The van der Waals surface area contributed by atoms with Crippen LogP contribution in [0.25, 0.3) is 11.3 Å². The Balaban J connectivity index is 1.79. The minimum atomic E-state index is -0.120. The average Bonchev–Trinajstić information content (AvgIpc) is 2.86. The Bertz CT molecular complexity index is 1190. The first kappa shape index (κ1) is 20.0. The topological polar surface area (TPSA) is 70.5 Å². The van der Waals surface area contributed by atoms with Gasteiger partial charge in [0.05, 0.1) is 29.2 Å². The molecule has 1 aliphatic heterocycles. The molecule has 2 aromatic carbocycles. The third-order valence-corrected chi connectivity index (χ3v) is 5.28. The molecule has 0 fully saturated rings. The fourth-order valence-electron chi connectivity index (χ4n) is 3.32. The maximum absolute atomic E-state index is 12.5. The van der Waals surface area contributed by atoms with Gasteiger partial charge in [0.2, 0.25) is 11.9 Å². The Morgan fingerprint density at radius 1 is 1.03 bits per heavy atom. The number of nitrogens with one attached hydrogen (secondary N) is 1. The van der Waals surface area contributed by atoms with Crippen molar-refractivity contribution in [2.24, 2.45) is 4.99 Å². The van der Waals surface area contributed by atoms with E-state index in [2.05, 4.69) is 15.3 Å². The molecule has 0 atom stereocenters. The summed E-state index contributed by atoms with van der Waals surface area (Å²) in [4.78, 5) is 28.3. The van der Waals surface area contributed by atoms with Gasteiger partial charge in [-0.25, -0.2) is 9.97 Å². The molecule has 4 rings (SSSR count). The van der Waals surface area contributed by atoms with E-state index in [1.165, 1.54) is 0 Å². The molecule has 0 radical (unpaired) electrons. The lowest BCUT2D eigenvalue weighted by Gasteiger charge is -2.13. The summed E-state index contributed by atoms with van der Waals surface area (Å²) in [6.45, 7) is 3.87. The summed E-state index contributed by atoms with van der Waals surface area (Å²) < 4.78 is 0. The van der Waals surface area contributed by atoms with Gasteiger partial charge < -0.3 is 10.2 Å². The van der Waals surface area contributed by atoms with Crippen molar-refractivity contribution < 1.29 is 4.79 Å². The summed E-state index contributed by atoms with van der Waals surface area (Å²) in [7, 11) is 3.83. The summed E-state index contributed by atoms with van der Waals surface area (Å²) in [6.07, 6.45) is 0.181. The van der Waals surface area contributed by atoms with Crippen molar-refractivity contribution in [2.75, 3.05) is 24.3 Å². The maximum Gasteiger partial charge on any atom is 0.230 e. The highest BCUT2D eigenvalue weighted by Gasteiger charge is 2.19. The van der Waals surface area contributed by atoms with Gasteiger partial charge in [-0.1, -0.05) is 29.8 Å². The summed E-state index contributed by atoms with van der Waals surface area (Å²) >= 11 is 6.22. The van der Waals surface area contributed by atoms with Crippen molar-refractivity contribution in [3.63, 3.8) is 0 Å². The normalized spacial score (nSPS) is 13.2. The van der Waals surface area contributed by atoms with Gasteiger partial charge >= 0.3 is 0 Å². The van der Waals surface area contributed by atoms with Crippen LogP contribution in [0.4, 0.5) is 17.3 Å². The molecule has 1 aliphatic rings. The standard InChI is InChI=1S/C23H22ClN5O/c1-13-8-20-21(11-17(13)24)27-22(30)12-19(26-20)16-7-5-6-15(10-16)18-9-14(2)25-23(28-18)29(3)4/h5-11H,12H2,1-4H3,(H,27,30). The molecule has 0 unspecified atom stereocenters. The van der Waals surface area contributed by atoms with Crippen LogP contribution < -0.4 is 10.2 Å². The zero-order valence-corrected chi connectivity index (χ0v) is 18.1. The largest absolute Gasteiger partial charge is 0.347 e. The first-order valence-electron chi connectivity index (χ1n) is 9.61. The lowest BCUT2D eigenvalue weighted by atomic mass is 10.0. The van der Waals surface area contributed by atoms with Crippen LogP contribution in [0.15, 0.2) is 47.5 Å². The average molecular weight is 420 g/mol. The van der Waals surface area contributed by atoms with Crippen molar-refractivity contribution in [1.29, 1.82) is 0 Å². The predicted molar refractivity (Wildman–Crippen MR) is 122 cm³/mol. The van der Waals surface area contributed by atoms with Crippen LogP contribution in [0.1, 0.15) is 23.2 Å². The zero-order chi connectivity index (χ0) is 21.4. The Morgan fingerprint density at radius 2 is 1.80 bits per heavy atom. The third kappa shape index (κ3) is 4.04. The van der Waals surface area contributed by atoms with E-state index in [9.17, 15) is 4.79 Å². The van der Waals surface area contributed by atoms with E-state index in [1.807, 2.05) is 69.2 Å². The van der Waals surface area contributed by atoms with Crippen LogP contribution in [0, 0.1) is 13.8 Å². The van der Waals surface area contributed by atoms with Gasteiger partial charge in [-0.3, -0.25) is 9.79 Å². The van der Waals surface area contributed by atoms with Gasteiger partial charge in [0.15, 0.2) is 0 Å². The number of carbonyl (C=O) groups is 1. The van der Waals surface area contributed by atoms with Crippen molar-refractivity contribution in [2.45, 2.75) is 20.3 Å². The Labute approximate surface area is 180 Å². The number of rotatable bonds is 3. The van der Waals surface area contributed by atoms with E-state index < -0.39 is 0 Å². The molecule has 1 N–H and O–H groups in total. The van der Waals surface area contributed by atoms with Gasteiger partial charge in [-0.05, 0) is 49.2 Å². The number of nitrogens with zero attached hydrogens (tertiary/aromatic N) is 4. The van der Waals surface area contributed by atoms with Gasteiger partial charge in [-0.15, -0.1) is 0 Å². The number of amides is 1. The highest BCUT2D eigenvalue weighted by atomic mass is 35.5. The maximum atomic E-state index is 12.5. The Morgan fingerprint density at radius 3 is 2.57 bits per heavy atom. The lowest BCUT2D eigenvalue weighted by molar-refractivity contribution is -0.115. The molecule has 0 spiro atoms. The molecule has 1 aromatic heterocycles. The number of carbonyl (C=O) groups excluding carboxylic acids is 1. The minimum Gasteiger partial charge on any atom is -0.347 e. The molecule has 1 amide bonds. The zero-order valence-electron chi connectivity index (χ0n) is 17.3. The summed E-state index contributed by atoms with van der Waals surface area (Å²) in [5.41, 5.74) is 6.49. The van der Waals surface area contributed by atoms with E-state index in [0.29, 0.717) is 28.1 Å². The highest BCUT2D eigenvalue weighted by molar-refractivity contribution is 6.32. The number of aryl methyl sites for hydroxylation is 2. The molecule has 6 nitrogen and oxygen atoms in total. The fraction of sp³-hybridized carbons (Fsp3) is 0.217. The second-order valence-electron chi connectivity index (χ2n) is 7.57. The van der Waals surface area contributed by atoms with Gasteiger partial charge in [0.1, 0.15) is 0 Å². The van der Waals surface area contributed by atoms with Gasteiger partial charge in [0, 0.05) is 30.4 Å². The van der Waals surface area contributed by atoms with Crippen molar-refractivity contribution in [3.05, 3.63) is 64.3 Å². The lowest BCUT2D eigenvalue weighted by Crippen LogP contribution is -2.15. The van der Waals surface area contributed by atoms with Crippen LogP contribution in [0.5, 0.6) is 0 Å². The van der Waals surface area contributed by atoms with Crippen LogP contribution in [0.3, 0.4) is 0 Å². The molecule has 3 aromatic rings. The molecule has 0 bridgehead atoms. The Kier molecular flexibility index (Phi) is 5.26. The number of benzene rings is 2. The second kappa shape index (κ2) is 7.88.